The third-order valence-electron chi connectivity index (χ3n) is 3.37. The van der Waals surface area contributed by atoms with Gasteiger partial charge in [-0.2, -0.15) is 5.26 Å². The number of benzene rings is 2. The van der Waals surface area contributed by atoms with Crippen LogP contribution in [0, 0.1) is 11.3 Å². The maximum atomic E-state index is 12.1. The molecule has 146 valence electrons. The van der Waals surface area contributed by atoms with E-state index in [1.807, 2.05) is 6.07 Å². The first-order valence-corrected chi connectivity index (χ1v) is 9.47. The van der Waals surface area contributed by atoms with Crippen molar-refractivity contribution in [1.82, 2.24) is 5.32 Å². The average Bonchev–Trinajstić information content (AvgIpc) is 2.66. The van der Waals surface area contributed by atoms with Gasteiger partial charge in [0.15, 0.2) is 11.5 Å². The number of halogens is 2. The minimum atomic E-state index is -0.600. The molecule has 0 aliphatic carbocycles. The summed E-state index contributed by atoms with van der Waals surface area (Å²) in [5.41, 5.74) is 0.911. The number of carbonyl (C=O) groups is 2. The molecule has 0 atom stereocenters. The first-order chi connectivity index (χ1) is 13.4. The Balaban J connectivity index is 1.88. The molecule has 7 nitrogen and oxygen atoms in total. The highest BCUT2D eigenvalue weighted by Gasteiger charge is 2.16. The zero-order valence-electron chi connectivity index (χ0n) is 14.9. The van der Waals surface area contributed by atoms with Crippen LogP contribution in [-0.2, 0) is 4.79 Å². The molecule has 2 aromatic carbocycles. The van der Waals surface area contributed by atoms with Crippen LogP contribution >= 0.6 is 27.5 Å². The number of carbonyl (C=O) groups excluding carboxylic acids is 2. The Morgan fingerprint density at radius 2 is 1.96 bits per heavy atom. The number of nitrogens with zero attached hydrogens (tertiary/aromatic N) is 1. The van der Waals surface area contributed by atoms with Gasteiger partial charge in [-0.1, -0.05) is 27.5 Å². The summed E-state index contributed by atoms with van der Waals surface area (Å²) in [4.78, 5) is 23.9. The van der Waals surface area contributed by atoms with Gasteiger partial charge in [0.25, 0.3) is 0 Å². The van der Waals surface area contributed by atoms with Gasteiger partial charge < -0.3 is 20.1 Å². The van der Waals surface area contributed by atoms with Crippen molar-refractivity contribution in [3.05, 3.63) is 51.5 Å². The lowest BCUT2D eigenvalue weighted by atomic mass is 10.2. The van der Waals surface area contributed by atoms with Gasteiger partial charge >= 0.3 is 12.0 Å². The van der Waals surface area contributed by atoms with Crippen LogP contribution in [0.5, 0.6) is 11.5 Å². The lowest BCUT2D eigenvalue weighted by molar-refractivity contribution is -0.134. The monoisotopic (exact) mass is 465 g/mol. The van der Waals surface area contributed by atoms with Crippen LogP contribution in [0.1, 0.15) is 18.9 Å². The summed E-state index contributed by atoms with van der Waals surface area (Å²) < 4.78 is 11.5. The SMILES string of the molecule is CCOc1cc(C#N)cc(Cl)c1OC(=O)CCNC(=O)Nc1ccc(Br)cc1. The van der Waals surface area contributed by atoms with E-state index in [4.69, 9.17) is 26.3 Å². The van der Waals surface area contributed by atoms with Crippen molar-refractivity contribution in [3.8, 4) is 17.6 Å². The van der Waals surface area contributed by atoms with Crippen molar-refractivity contribution in [2.45, 2.75) is 13.3 Å². The second-order valence-electron chi connectivity index (χ2n) is 5.44. The third-order valence-corrected chi connectivity index (χ3v) is 4.18. The van der Waals surface area contributed by atoms with Gasteiger partial charge in [-0.25, -0.2) is 4.79 Å². The van der Waals surface area contributed by atoms with E-state index in [0.29, 0.717) is 17.9 Å². The number of nitrogens with one attached hydrogen (secondary N) is 2. The third kappa shape index (κ3) is 6.44. The predicted octanol–water partition coefficient (Wildman–Crippen LogP) is 4.49. The molecule has 2 rings (SSSR count). The van der Waals surface area contributed by atoms with E-state index in [1.54, 1.807) is 31.2 Å². The van der Waals surface area contributed by atoms with E-state index in [9.17, 15) is 9.59 Å². The fourth-order valence-corrected chi connectivity index (χ4v) is 2.66. The summed E-state index contributed by atoms with van der Waals surface area (Å²) in [5, 5.41) is 14.3. The Morgan fingerprint density at radius 1 is 1.25 bits per heavy atom. The van der Waals surface area contributed by atoms with E-state index in [1.165, 1.54) is 12.1 Å². The Labute approximate surface area is 175 Å². The molecule has 0 spiro atoms. The van der Waals surface area contributed by atoms with Crippen molar-refractivity contribution >= 4 is 45.2 Å². The highest BCUT2D eigenvalue weighted by atomic mass is 79.9. The van der Waals surface area contributed by atoms with E-state index >= 15 is 0 Å². The first kappa shape index (κ1) is 21.5. The molecular formula is C19H17BrClN3O4. The molecule has 28 heavy (non-hydrogen) atoms. The smallest absolute Gasteiger partial charge is 0.319 e. The molecule has 0 aromatic heterocycles. The maximum Gasteiger partial charge on any atom is 0.319 e. The summed E-state index contributed by atoms with van der Waals surface area (Å²) in [5.74, 6) is -0.343. The molecule has 2 aromatic rings. The van der Waals surface area contributed by atoms with Crippen molar-refractivity contribution < 1.29 is 19.1 Å². The lowest BCUT2D eigenvalue weighted by Crippen LogP contribution is -2.31. The minimum absolute atomic E-state index is 0.0480. The van der Waals surface area contributed by atoms with E-state index in [0.717, 1.165) is 4.47 Å². The molecule has 0 heterocycles. The van der Waals surface area contributed by atoms with Crippen LogP contribution in [0.15, 0.2) is 40.9 Å². The zero-order valence-corrected chi connectivity index (χ0v) is 17.3. The second-order valence-corrected chi connectivity index (χ2v) is 6.76. The van der Waals surface area contributed by atoms with Gasteiger partial charge in [-0.05, 0) is 37.3 Å². The second kappa shape index (κ2) is 10.5. The van der Waals surface area contributed by atoms with Crippen molar-refractivity contribution in [2.75, 3.05) is 18.5 Å². The van der Waals surface area contributed by atoms with Gasteiger partial charge in [0.05, 0.1) is 29.7 Å². The maximum absolute atomic E-state index is 12.1. The van der Waals surface area contributed by atoms with Crippen LogP contribution in [0.4, 0.5) is 10.5 Å². The Hall–Kier alpha value is -2.76. The Kier molecular flexibility index (Phi) is 8.11. The molecule has 0 unspecified atom stereocenters. The van der Waals surface area contributed by atoms with E-state index in [2.05, 4.69) is 26.6 Å². The summed E-state index contributed by atoms with van der Waals surface area (Å²) in [7, 11) is 0. The van der Waals surface area contributed by atoms with Crippen LogP contribution < -0.4 is 20.1 Å². The number of ether oxygens (including phenoxy) is 2. The molecule has 0 radical (unpaired) electrons. The Morgan fingerprint density at radius 3 is 2.61 bits per heavy atom. The summed E-state index contributed by atoms with van der Waals surface area (Å²) in [6.45, 7) is 2.14. The van der Waals surface area contributed by atoms with E-state index < -0.39 is 12.0 Å². The van der Waals surface area contributed by atoms with Gasteiger partial charge in [0, 0.05) is 22.8 Å². The quantitative estimate of drug-likeness (QED) is 0.462. The van der Waals surface area contributed by atoms with Crippen LogP contribution in [0.25, 0.3) is 0 Å². The predicted molar refractivity (Wildman–Crippen MR) is 109 cm³/mol. The molecule has 2 N–H and O–H groups in total. The number of anilines is 1. The summed E-state index contributed by atoms with van der Waals surface area (Å²) >= 11 is 9.40. The van der Waals surface area contributed by atoms with Gasteiger partial charge in [-0.15, -0.1) is 0 Å². The van der Waals surface area contributed by atoms with Crippen LogP contribution in [-0.4, -0.2) is 25.2 Å². The lowest BCUT2D eigenvalue weighted by Gasteiger charge is -2.13. The number of rotatable bonds is 7. The number of hydrogen-bond donors (Lipinski definition) is 2. The van der Waals surface area contributed by atoms with Crippen molar-refractivity contribution in [1.29, 1.82) is 5.26 Å². The minimum Gasteiger partial charge on any atom is -0.490 e. The largest absolute Gasteiger partial charge is 0.490 e. The molecule has 0 saturated heterocycles. The molecule has 0 aliphatic rings. The molecular weight excluding hydrogens is 450 g/mol. The Bertz CT molecular complexity index is 897. The first-order valence-electron chi connectivity index (χ1n) is 8.30. The summed E-state index contributed by atoms with van der Waals surface area (Å²) in [6, 6.07) is 11.4. The molecule has 0 saturated carbocycles. The molecule has 2 amide bonds. The van der Waals surface area contributed by atoms with Crippen LogP contribution in [0.3, 0.4) is 0 Å². The molecule has 0 bridgehead atoms. The number of nitriles is 1. The van der Waals surface area contributed by atoms with Gasteiger partial charge in [-0.3, -0.25) is 4.79 Å². The standard InChI is InChI=1S/C19H17BrClN3O4/c1-2-27-16-10-12(11-22)9-15(21)18(16)28-17(25)7-8-23-19(26)24-14-5-3-13(20)4-6-14/h3-6,9-10H,2,7-8H2,1H3,(H2,23,24,26). The highest BCUT2D eigenvalue weighted by Crippen LogP contribution is 2.36. The number of amides is 2. The topological polar surface area (TPSA) is 100 Å². The number of urea groups is 1. The highest BCUT2D eigenvalue weighted by molar-refractivity contribution is 9.10. The zero-order chi connectivity index (χ0) is 20.5. The normalized spacial score (nSPS) is 9.93. The van der Waals surface area contributed by atoms with Crippen molar-refractivity contribution in [3.63, 3.8) is 0 Å². The van der Waals surface area contributed by atoms with E-state index in [-0.39, 0.29) is 29.5 Å². The number of hydrogen-bond acceptors (Lipinski definition) is 5. The molecule has 0 aliphatic heterocycles. The number of esters is 1. The molecule has 0 fully saturated rings. The average molecular weight is 467 g/mol. The fourth-order valence-electron chi connectivity index (χ4n) is 2.15. The molecule has 9 heteroatoms. The van der Waals surface area contributed by atoms with Gasteiger partial charge in [0.1, 0.15) is 0 Å². The van der Waals surface area contributed by atoms with Gasteiger partial charge in [0.2, 0.25) is 0 Å². The van der Waals surface area contributed by atoms with Crippen LogP contribution in [0.2, 0.25) is 5.02 Å². The summed E-state index contributed by atoms with van der Waals surface area (Å²) in [6.07, 6.45) is -0.0738. The van der Waals surface area contributed by atoms with Crippen molar-refractivity contribution in [2.24, 2.45) is 0 Å². The fraction of sp³-hybridized carbons (Fsp3) is 0.211.